The Morgan fingerprint density at radius 1 is 0.484 bits per heavy atom. The zero-order chi connectivity index (χ0) is 20.9. The molecule has 1 heteroatoms. The van der Waals surface area contributed by atoms with Gasteiger partial charge in [0.1, 0.15) is 0 Å². The fourth-order valence-corrected chi connectivity index (χ4v) is 4.20. The third-order valence-electron chi connectivity index (χ3n) is 5.67. The molecule has 1 heterocycles. The van der Waals surface area contributed by atoms with E-state index in [4.69, 9.17) is 0 Å². The lowest BCUT2D eigenvalue weighted by Crippen LogP contribution is -2.20. The van der Waals surface area contributed by atoms with E-state index >= 15 is 0 Å². The van der Waals surface area contributed by atoms with Crippen LogP contribution in [0.1, 0.15) is 34.3 Å². The predicted molar refractivity (Wildman–Crippen MR) is 128 cm³/mol. The predicted octanol–water partition coefficient (Wildman–Crippen LogP) is 6.58. The summed E-state index contributed by atoms with van der Waals surface area (Å²) >= 11 is 0. The standard InChI is InChI=1S/C30H23N/c1-5-13-23(14-6-1)21-22-27-28(24-15-7-2-8-16-24)30(26-19-11-4-12-20-26)31-29(27)25-17-9-3-10-18-25/h1-20,29-31H/t29-,30-/m0/s1. The maximum Gasteiger partial charge on any atom is 0.0667 e. The van der Waals surface area contributed by atoms with Gasteiger partial charge in [-0.25, -0.2) is 0 Å². The van der Waals surface area contributed by atoms with E-state index in [0.717, 1.165) is 11.1 Å². The van der Waals surface area contributed by atoms with E-state index in [-0.39, 0.29) is 12.1 Å². The second-order valence-corrected chi connectivity index (χ2v) is 7.66. The van der Waals surface area contributed by atoms with Gasteiger partial charge >= 0.3 is 0 Å². The Morgan fingerprint density at radius 2 is 0.968 bits per heavy atom. The molecule has 1 aliphatic rings. The van der Waals surface area contributed by atoms with Gasteiger partial charge in [-0.15, -0.1) is 0 Å². The van der Waals surface area contributed by atoms with Crippen molar-refractivity contribution in [1.82, 2.24) is 5.32 Å². The van der Waals surface area contributed by atoms with Crippen molar-refractivity contribution in [1.29, 1.82) is 0 Å². The third kappa shape index (κ3) is 4.08. The van der Waals surface area contributed by atoms with E-state index in [1.807, 2.05) is 18.2 Å². The summed E-state index contributed by atoms with van der Waals surface area (Å²) < 4.78 is 0. The average molecular weight is 398 g/mol. The van der Waals surface area contributed by atoms with Crippen LogP contribution in [0.5, 0.6) is 0 Å². The minimum atomic E-state index is 0.0397. The van der Waals surface area contributed by atoms with Gasteiger partial charge in [-0.05, 0) is 34.4 Å². The molecule has 0 spiro atoms. The molecule has 0 bridgehead atoms. The minimum absolute atomic E-state index is 0.0397. The van der Waals surface area contributed by atoms with E-state index in [2.05, 4.69) is 120 Å². The van der Waals surface area contributed by atoms with Crippen molar-refractivity contribution in [2.45, 2.75) is 12.1 Å². The average Bonchev–Trinajstić information content (AvgIpc) is 3.24. The molecule has 0 amide bonds. The second-order valence-electron chi connectivity index (χ2n) is 7.66. The molecular weight excluding hydrogens is 374 g/mol. The van der Waals surface area contributed by atoms with E-state index in [9.17, 15) is 0 Å². The van der Waals surface area contributed by atoms with Crippen molar-refractivity contribution >= 4 is 5.57 Å². The Hall–Kier alpha value is -3.86. The molecule has 0 fully saturated rings. The first kappa shape index (κ1) is 19.1. The Balaban J connectivity index is 1.72. The summed E-state index contributed by atoms with van der Waals surface area (Å²) in [6.45, 7) is 0. The molecule has 1 N–H and O–H groups in total. The van der Waals surface area contributed by atoms with Gasteiger partial charge < -0.3 is 0 Å². The highest BCUT2D eigenvalue weighted by Crippen LogP contribution is 2.44. The van der Waals surface area contributed by atoms with Crippen molar-refractivity contribution in [2.24, 2.45) is 0 Å². The van der Waals surface area contributed by atoms with Crippen molar-refractivity contribution in [2.75, 3.05) is 0 Å². The molecule has 0 aliphatic carbocycles. The first-order valence-electron chi connectivity index (χ1n) is 10.6. The normalized spacial score (nSPS) is 17.8. The van der Waals surface area contributed by atoms with E-state index in [0.29, 0.717) is 0 Å². The van der Waals surface area contributed by atoms with Gasteiger partial charge in [0.2, 0.25) is 0 Å². The summed E-state index contributed by atoms with van der Waals surface area (Å²) in [7, 11) is 0. The monoisotopic (exact) mass is 397 g/mol. The summed E-state index contributed by atoms with van der Waals surface area (Å²) in [6, 6.07) is 42.2. The Labute approximate surface area is 184 Å². The van der Waals surface area contributed by atoms with Crippen LogP contribution < -0.4 is 5.32 Å². The molecular formula is C30H23N. The molecule has 4 aromatic rings. The molecule has 2 atom stereocenters. The first-order chi connectivity index (χ1) is 15.4. The smallest absolute Gasteiger partial charge is 0.0667 e. The van der Waals surface area contributed by atoms with Crippen molar-refractivity contribution in [3.05, 3.63) is 149 Å². The number of hydrogen-bond acceptors (Lipinski definition) is 1. The quantitative estimate of drug-likeness (QED) is 0.385. The summed E-state index contributed by atoms with van der Waals surface area (Å²) in [5.74, 6) is 6.97. The molecule has 0 saturated heterocycles. The minimum Gasteiger partial charge on any atom is -0.295 e. The van der Waals surface area contributed by atoms with Crippen molar-refractivity contribution in [3.63, 3.8) is 0 Å². The van der Waals surface area contributed by atoms with Crippen LogP contribution in [0.25, 0.3) is 5.57 Å². The molecule has 4 aromatic carbocycles. The van der Waals surface area contributed by atoms with Gasteiger partial charge in [-0.3, -0.25) is 5.32 Å². The Morgan fingerprint density at radius 3 is 1.55 bits per heavy atom. The molecule has 5 rings (SSSR count). The zero-order valence-corrected chi connectivity index (χ0v) is 17.2. The lowest BCUT2D eigenvalue weighted by molar-refractivity contribution is 0.605. The third-order valence-corrected chi connectivity index (χ3v) is 5.67. The van der Waals surface area contributed by atoms with Crippen LogP contribution in [0, 0.1) is 11.8 Å². The number of rotatable bonds is 3. The molecule has 1 nitrogen and oxygen atoms in total. The largest absolute Gasteiger partial charge is 0.295 e. The van der Waals surface area contributed by atoms with Crippen LogP contribution in [0.2, 0.25) is 0 Å². The highest BCUT2D eigenvalue weighted by molar-refractivity contribution is 5.81. The van der Waals surface area contributed by atoms with E-state index in [1.54, 1.807) is 0 Å². The van der Waals surface area contributed by atoms with Gasteiger partial charge in [0.05, 0.1) is 12.1 Å². The molecule has 1 aliphatic heterocycles. The zero-order valence-electron chi connectivity index (χ0n) is 17.2. The van der Waals surface area contributed by atoms with E-state index < -0.39 is 0 Å². The van der Waals surface area contributed by atoms with Gasteiger partial charge in [0.15, 0.2) is 0 Å². The molecule has 0 unspecified atom stereocenters. The SMILES string of the molecule is C(#Cc1ccccc1)C1=C(c2ccccc2)[C@H](c2ccccc2)N[C@H]1c1ccccc1. The van der Waals surface area contributed by atoms with Crippen LogP contribution in [-0.4, -0.2) is 0 Å². The maximum atomic E-state index is 3.88. The van der Waals surface area contributed by atoms with Gasteiger partial charge in [0.25, 0.3) is 0 Å². The van der Waals surface area contributed by atoms with Crippen molar-refractivity contribution in [3.8, 4) is 11.8 Å². The van der Waals surface area contributed by atoms with Crippen LogP contribution >= 0.6 is 0 Å². The molecule has 31 heavy (non-hydrogen) atoms. The number of nitrogens with one attached hydrogen (secondary N) is 1. The molecule has 0 saturated carbocycles. The fourth-order valence-electron chi connectivity index (χ4n) is 4.20. The molecule has 0 aromatic heterocycles. The lowest BCUT2D eigenvalue weighted by atomic mass is 9.90. The lowest BCUT2D eigenvalue weighted by Gasteiger charge is -2.18. The summed E-state index contributed by atoms with van der Waals surface area (Å²) in [6.07, 6.45) is 0. The topological polar surface area (TPSA) is 12.0 Å². The highest BCUT2D eigenvalue weighted by Gasteiger charge is 2.34. The van der Waals surface area contributed by atoms with Gasteiger partial charge in [-0.2, -0.15) is 0 Å². The van der Waals surface area contributed by atoms with Crippen LogP contribution in [-0.2, 0) is 0 Å². The molecule has 148 valence electrons. The van der Waals surface area contributed by atoms with Crippen LogP contribution in [0.3, 0.4) is 0 Å². The summed E-state index contributed by atoms with van der Waals surface area (Å²) in [5, 5.41) is 3.88. The van der Waals surface area contributed by atoms with Gasteiger partial charge in [0, 0.05) is 11.1 Å². The van der Waals surface area contributed by atoms with Crippen LogP contribution in [0.4, 0.5) is 0 Å². The number of benzene rings is 4. The fraction of sp³-hybridized carbons (Fsp3) is 0.0667. The summed E-state index contributed by atoms with van der Waals surface area (Å²) in [5.41, 5.74) is 7.10. The highest BCUT2D eigenvalue weighted by atomic mass is 15.0. The van der Waals surface area contributed by atoms with Crippen LogP contribution in [0.15, 0.2) is 127 Å². The maximum absolute atomic E-state index is 3.88. The van der Waals surface area contributed by atoms with E-state index in [1.165, 1.54) is 22.3 Å². The second kappa shape index (κ2) is 8.88. The Kier molecular flexibility index (Phi) is 5.48. The Bertz CT molecular complexity index is 1230. The van der Waals surface area contributed by atoms with Crippen molar-refractivity contribution < 1.29 is 0 Å². The number of hydrogen-bond donors (Lipinski definition) is 1. The summed E-state index contributed by atoms with van der Waals surface area (Å²) in [4.78, 5) is 0. The molecule has 0 radical (unpaired) electrons. The van der Waals surface area contributed by atoms with Gasteiger partial charge in [-0.1, -0.05) is 121 Å². The first-order valence-corrected chi connectivity index (χ1v) is 10.6.